The fourth-order valence-corrected chi connectivity index (χ4v) is 3.59. The van der Waals surface area contributed by atoms with Gasteiger partial charge in [0.15, 0.2) is 0 Å². The summed E-state index contributed by atoms with van der Waals surface area (Å²) in [5, 5.41) is 7.86. The van der Waals surface area contributed by atoms with Crippen LogP contribution in [-0.4, -0.2) is 19.9 Å². The zero-order valence-corrected chi connectivity index (χ0v) is 13.5. The lowest BCUT2D eigenvalue weighted by Crippen LogP contribution is -2.51. The molecule has 1 amide bonds. The van der Waals surface area contributed by atoms with Crippen molar-refractivity contribution in [1.82, 2.24) is 0 Å². The van der Waals surface area contributed by atoms with Gasteiger partial charge in [0, 0.05) is 11.2 Å². The predicted octanol–water partition coefficient (Wildman–Crippen LogP) is 1.32. The van der Waals surface area contributed by atoms with Crippen molar-refractivity contribution in [2.24, 2.45) is 16.8 Å². The lowest BCUT2D eigenvalue weighted by Gasteiger charge is -2.37. The fourth-order valence-electron chi connectivity index (χ4n) is 2.93. The van der Waals surface area contributed by atoms with Crippen LogP contribution in [0.2, 0.25) is 0 Å². The van der Waals surface area contributed by atoms with Crippen LogP contribution in [0.4, 0.5) is 5.69 Å². The van der Waals surface area contributed by atoms with Gasteiger partial charge in [-0.15, -0.1) is 0 Å². The first-order valence-corrected chi connectivity index (χ1v) is 9.08. The van der Waals surface area contributed by atoms with Crippen molar-refractivity contribution in [2.45, 2.75) is 43.9 Å². The van der Waals surface area contributed by atoms with Gasteiger partial charge in [-0.05, 0) is 37.5 Å². The summed E-state index contributed by atoms with van der Waals surface area (Å²) in [5.41, 5.74) is 6.97. The maximum atomic E-state index is 12.4. The molecule has 0 radical (unpaired) electrons. The highest BCUT2D eigenvalue weighted by Crippen LogP contribution is 2.32. The summed E-state index contributed by atoms with van der Waals surface area (Å²) < 4.78 is 22.1. The molecule has 1 aliphatic carbocycles. The van der Waals surface area contributed by atoms with Crippen LogP contribution in [0.1, 0.15) is 38.2 Å². The van der Waals surface area contributed by atoms with Crippen LogP contribution in [0.15, 0.2) is 24.3 Å². The van der Waals surface area contributed by atoms with Gasteiger partial charge in [0.25, 0.3) is 0 Å². The van der Waals surface area contributed by atoms with Gasteiger partial charge in [-0.1, -0.05) is 25.0 Å². The SMILES string of the molecule is CC1(N)CCCCC1C(=O)Nc1ccc(CS(N)(=O)=O)cc1. The molecule has 0 heterocycles. The lowest BCUT2D eigenvalue weighted by atomic mass is 9.74. The lowest BCUT2D eigenvalue weighted by molar-refractivity contribution is -0.122. The highest BCUT2D eigenvalue weighted by Gasteiger charge is 2.37. The second-order valence-electron chi connectivity index (χ2n) is 6.30. The number of benzene rings is 1. The molecular weight excluding hydrogens is 302 g/mol. The van der Waals surface area contributed by atoms with Gasteiger partial charge in [0.2, 0.25) is 15.9 Å². The van der Waals surface area contributed by atoms with E-state index < -0.39 is 15.6 Å². The van der Waals surface area contributed by atoms with Gasteiger partial charge in [0.05, 0.1) is 11.7 Å². The summed E-state index contributed by atoms with van der Waals surface area (Å²) >= 11 is 0. The van der Waals surface area contributed by atoms with Crippen LogP contribution < -0.4 is 16.2 Å². The molecule has 2 atom stereocenters. The Morgan fingerprint density at radius 2 is 1.95 bits per heavy atom. The molecule has 1 fully saturated rings. The van der Waals surface area contributed by atoms with Crippen LogP contribution in [0.5, 0.6) is 0 Å². The molecule has 1 aromatic rings. The molecular formula is C15H23N3O3S. The van der Waals surface area contributed by atoms with E-state index in [4.69, 9.17) is 10.9 Å². The first-order chi connectivity index (χ1) is 10.2. The Morgan fingerprint density at radius 1 is 1.32 bits per heavy atom. The number of hydrogen-bond donors (Lipinski definition) is 3. The molecule has 1 saturated carbocycles. The summed E-state index contributed by atoms with van der Waals surface area (Å²) in [7, 11) is -3.55. The molecule has 2 unspecified atom stereocenters. The Balaban J connectivity index is 2.03. The van der Waals surface area contributed by atoms with E-state index in [-0.39, 0.29) is 17.6 Å². The minimum absolute atomic E-state index is 0.0797. The summed E-state index contributed by atoms with van der Waals surface area (Å²) in [6, 6.07) is 6.63. The maximum Gasteiger partial charge on any atom is 0.229 e. The van der Waals surface area contributed by atoms with Crippen molar-refractivity contribution in [1.29, 1.82) is 0 Å². The number of carbonyl (C=O) groups is 1. The summed E-state index contributed by atoms with van der Waals surface area (Å²) in [6.07, 6.45) is 3.71. The quantitative estimate of drug-likeness (QED) is 0.774. The van der Waals surface area contributed by atoms with Gasteiger partial charge in [-0.2, -0.15) is 0 Å². The molecule has 0 saturated heterocycles. The second kappa shape index (κ2) is 6.36. The highest BCUT2D eigenvalue weighted by atomic mass is 32.2. The second-order valence-corrected chi connectivity index (χ2v) is 7.91. The Bertz CT molecular complexity index is 639. The van der Waals surface area contributed by atoms with Crippen LogP contribution in [-0.2, 0) is 20.6 Å². The molecule has 1 aromatic carbocycles. The zero-order valence-electron chi connectivity index (χ0n) is 12.7. The predicted molar refractivity (Wildman–Crippen MR) is 86.4 cm³/mol. The summed E-state index contributed by atoms with van der Waals surface area (Å²) in [4.78, 5) is 12.4. The Hall–Kier alpha value is -1.44. The Morgan fingerprint density at radius 3 is 2.50 bits per heavy atom. The summed E-state index contributed by atoms with van der Waals surface area (Å²) in [5.74, 6) is -0.501. The summed E-state index contributed by atoms with van der Waals surface area (Å²) in [6.45, 7) is 1.92. The van der Waals surface area contributed by atoms with E-state index >= 15 is 0 Å². The van der Waals surface area contributed by atoms with Gasteiger partial charge in [-0.3, -0.25) is 4.79 Å². The van der Waals surface area contributed by atoms with Gasteiger partial charge >= 0.3 is 0 Å². The van der Waals surface area contributed by atoms with E-state index in [0.29, 0.717) is 11.3 Å². The number of primary sulfonamides is 1. The molecule has 0 aromatic heterocycles. The molecule has 6 nitrogen and oxygen atoms in total. The molecule has 22 heavy (non-hydrogen) atoms. The van der Waals surface area contributed by atoms with Crippen molar-refractivity contribution < 1.29 is 13.2 Å². The average Bonchev–Trinajstić information content (AvgIpc) is 2.38. The standard InChI is InChI=1S/C15H23N3O3S/c1-15(16)9-3-2-4-13(15)14(19)18-12-7-5-11(6-8-12)10-22(17,20)21/h5-8,13H,2-4,9-10,16H2,1H3,(H,18,19)(H2,17,20,21). The number of nitrogens with one attached hydrogen (secondary N) is 1. The molecule has 0 bridgehead atoms. The molecule has 2 rings (SSSR count). The third-order valence-electron chi connectivity index (χ3n) is 4.16. The number of hydrogen-bond acceptors (Lipinski definition) is 4. The first-order valence-electron chi connectivity index (χ1n) is 7.36. The zero-order chi connectivity index (χ0) is 16.4. The van der Waals surface area contributed by atoms with E-state index in [1.165, 1.54) is 0 Å². The van der Waals surface area contributed by atoms with Crippen LogP contribution in [0, 0.1) is 5.92 Å². The number of sulfonamides is 1. The minimum atomic E-state index is -3.55. The number of nitrogens with two attached hydrogens (primary N) is 2. The van der Waals surface area contributed by atoms with E-state index in [1.807, 2.05) is 6.92 Å². The van der Waals surface area contributed by atoms with Crippen LogP contribution in [0.25, 0.3) is 0 Å². The van der Waals surface area contributed by atoms with Gasteiger partial charge < -0.3 is 11.1 Å². The molecule has 0 spiro atoms. The fraction of sp³-hybridized carbons (Fsp3) is 0.533. The maximum absolute atomic E-state index is 12.4. The Labute approximate surface area is 131 Å². The number of rotatable bonds is 4. The molecule has 7 heteroatoms. The third-order valence-corrected chi connectivity index (χ3v) is 4.90. The van der Waals surface area contributed by atoms with Crippen molar-refractivity contribution in [3.8, 4) is 0 Å². The Kier molecular flexibility index (Phi) is 4.89. The number of anilines is 1. The van der Waals surface area contributed by atoms with E-state index in [1.54, 1.807) is 24.3 Å². The minimum Gasteiger partial charge on any atom is -0.326 e. The van der Waals surface area contributed by atoms with Gasteiger partial charge in [0.1, 0.15) is 0 Å². The van der Waals surface area contributed by atoms with Crippen molar-refractivity contribution in [2.75, 3.05) is 5.32 Å². The van der Waals surface area contributed by atoms with Gasteiger partial charge in [-0.25, -0.2) is 13.6 Å². The van der Waals surface area contributed by atoms with E-state index in [9.17, 15) is 13.2 Å². The average molecular weight is 325 g/mol. The molecule has 5 N–H and O–H groups in total. The monoisotopic (exact) mass is 325 g/mol. The topological polar surface area (TPSA) is 115 Å². The normalized spacial score (nSPS) is 25.7. The first kappa shape index (κ1) is 16.9. The van der Waals surface area contributed by atoms with Crippen molar-refractivity contribution in [3.05, 3.63) is 29.8 Å². The van der Waals surface area contributed by atoms with Crippen molar-refractivity contribution in [3.63, 3.8) is 0 Å². The number of amides is 1. The smallest absolute Gasteiger partial charge is 0.229 e. The third kappa shape index (κ3) is 4.53. The molecule has 1 aliphatic rings. The number of carbonyl (C=O) groups excluding carboxylic acids is 1. The van der Waals surface area contributed by atoms with Crippen molar-refractivity contribution >= 4 is 21.6 Å². The molecule has 122 valence electrons. The van der Waals surface area contributed by atoms with Crippen LogP contribution in [0.3, 0.4) is 0 Å². The van der Waals surface area contributed by atoms with Crippen LogP contribution >= 0.6 is 0 Å². The largest absolute Gasteiger partial charge is 0.326 e. The molecule has 0 aliphatic heterocycles. The van der Waals surface area contributed by atoms with E-state index in [2.05, 4.69) is 5.32 Å². The van der Waals surface area contributed by atoms with E-state index in [0.717, 1.165) is 25.7 Å². The highest BCUT2D eigenvalue weighted by molar-refractivity contribution is 7.88.